The van der Waals surface area contributed by atoms with E-state index in [0.29, 0.717) is 18.3 Å². The van der Waals surface area contributed by atoms with Gasteiger partial charge in [-0.25, -0.2) is 4.68 Å². The van der Waals surface area contributed by atoms with Gasteiger partial charge in [-0.15, -0.1) is 10.2 Å². The first-order chi connectivity index (χ1) is 13.2. The van der Waals surface area contributed by atoms with Crippen LogP contribution in [0.25, 0.3) is 16.9 Å². The topological polar surface area (TPSA) is 61.2 Å². The molecule has 1 N–H and O–H groups in total. The number of quaternary nitrogens is 1. The van der Waals surface area contributed by atoms with Crippen LogP contribution in [0.4, 0.5) is 0 Å². The molecule has 0 spiro atoms. The van der Waals surface area contributed by atoms with Crippen LogP contribution in [0.1, 0.15) is 17.3 Å². The Morgan fingerprint density at radius 1 is 0.926 bits per heavy atom. The predicted molar refractivity (Wildman–Crippen MR) is 102 cm³/mol. The van der Waals surface area contributed by atoms with Crippen molar-refractivity contribution in [3.8, 4) is 16.9 Å². The molecule has 0 bridgehead atoms. The molecule has 136 valence electrons. The number of rotatable bonds is 6. The van der Waals surface area contributed by atoms with Crippen molar-refractivity contribution >= 4 is 0 Å². The summed E-state index contributed by atoms with van der Waals surface area (Å²) >= 11 is 0. The Morgan fingerprint density at radius 2 is 1.63 bits per heavy atom. The molecule has 1 unspecified atom stereocenters. The quantitative estimate of drug-likeness (QED) is 0.574. The third-order valence-corrected chi connectivity index (χ3v) is 4.37. The molecule has 27 heavy (non-hydrogen) atoms. The van der Waals surface area contributed by atoms with E-state index in [1.54, 1.807) is 0 Å². The number of hydrogen-bond acceptors (Lipinski definition) is 4. The Hall–Kier alpha value is -3.25. The van der Waals surface area contributed by atoms with Crippen LogP contribution < -0.4 is 4.90 Å². The van der Waals surface area contributed by atoms with Crippen molar-refractivity contribution in [3.05, 3.63) is 84.2 Å². The van der Waals surface area contributed by atoms with E-state index >= 15 is 0 Å². The summed E-state index contributed by atoms with van der Waals surface area (Å²) in [5.74, 6) is 1.25. The van der Waals surface area contributed by atoms with Gasteiger partial charge in [0.15, 0.2) is 6.54 Å². The lowest BCUT2D eigenvalue weighted by Crippen LogP contribution is -3.06. The first-order valence-corrected chi connectivity index (χ1v) is 8.99. The standard InChI is InChI=1S/C21H21N5O/c1-16-22-23-20(27-16)15-25(2)13-18-14-26(19-11-7-4-8-12-19)24-21(18)17-9-5-3-6-10-17/h3-12,14H,13,15H2,1-2H3/p+1. The highest BCUT2D eigenvalue weighted by atomic mass is 16.4. The van der Waals surface area contributed by atoms with E-state index in [0.717, 1.165) is 23.5 Å². The Morgan fingerprint density at radius 3 is 2.30 bits per heavy atom. The van der Waals surface area contributed by atoms with Gasteiger partial charge in [0.2, 0.25) is 5.89 Å². The highest BCUT2D eigenvalue weighted by Gasteiger charge is 2.17. The second-order valence-electron chi connectivity index (χ2n) is 6.67. The van der Waals surface area contributed by atoms with Gasteiger partial charge in [0.05, 0.1) is 18.3 Å². The zero-order valence-corrected chi connectivity index (χ0v) is 15.5. The number of nitrogens with zero attached hydrogens (tertiary/aromatic N) is 4. The van der Waals surface area contributed by atoms with Gasteiger partial charge in [-0.1, -0.05) is 48.5 Å². The third kappa shape index (κ3) is 3.96. The van der Waals surface area contributed by atoms with E-state index in [-0.39, 0.29) is 0 Å². The fraction of sp³-hybridized carbons (Fsp3) is 0.190. The summed E-state index contributed by atoms with van der Waals surface area (Å²) in [7, 11) is 2.12. The summed E-state index contributed by atoms with van der Waals surface area (Å²) in [4.78, 5) is 1.25. The van der Waals surface area contributed by atoms with Crippen LogP contribution in [0.3, 0.4) is 0 Å². The number of aromatic nitrogens is 4. The van der Waals surface area contributed by atoms with Crippen molar-refractivity contribution < 1.29 is 9.32 Å². The van der Waals surface area contributed by atoms with E-state index in [1.165, 1.54) is 10.5 Å². The van der Waals surface area contributed by atoms with Gasteiger partial charge in [-0.05, 0) is 12.1 Å². The fourth-order valence-corrected chi connectivity index (χ4v) is 3.15. The van der Waals surface area contributed by atoms with Crippen molar-refractivity contribution in [2.75, 3.05) is 7.05 Å². The predicted octanol–water partition coefficient (Wildman–Crippen LogP) is 2.45. The molecule has 4 rings (SSSR count). The Labute approximate surface area is 158 Å². The third-order valence-electron chi connectivity index (χ3n) is 4.37. The molecule has 2 aromatic heterocycles. The molecular weight excluding hydrogens is 338 g/mol. The zero-order chi connectivity index (χ0) is 18.6. The minimum Gasteiger partial charge on any atom is -0.420 e. The van der Waals surface area contributed by atoms with Gasteiger partial charge >= 0.3 is 0 Å². The molecule has 0 radical (unpaired) electrons. The Bertz CT molecular complexity index is 1010. The molecule has 1 atom stereocenters. The summed E-state index contributed by atoms with van der Waals surface area (Å²) < 4.78 is 7.46. The molecule has 0 amide bonds. The van der Waals surface area contributed by atoms with Gasteiger partial charge in [0.25, 0.3) is 5.89 Å². The van der Waals surface area contributed by atoms with E-state index in [9.17, 15) is 0 Å². The summed E-state index contributed by atoms with van der Waals surface area (Å²) in [6.07, 6.45) is 2.11. The van der Waals surface area contributed by atoms with Crippen LogP contribution in [0.2, 0.25) is 0 Å². The Kier molecular flexibility index (Phi) is 4.80. The molecule has 0 saturated heterocycles. The molecule has 0 saturated carbocycles. The van der Waals surface area contributed by atoms with E-state index < -0.39 is 0 Å². The highest BCUT2D eigenvalue weighted by Crippen LogP contribution is 2.23. The lowest BCUT2D eigenvalue weighted by atomic mass is 10.1. The monoisotopic (exact) mass is 360 g/mol. The normalized spacial score (nSPS) is 12.2. The summed E-state index contributed by atoms with van der Waals surface area (Å²) in [5.41, 5.74) is 4.34. The van der Waals surface area contributed by atoms with Gasteiger partial charge in [0.1, 0.15) is 12.2 Å². The average Bonchev–Trinajstić information content (AvgIpc) is 3.29. The van der Waals surface area contributed by atoms with Gasteiger partial charge in [0, 0.05) is 18.7 Å². The van der Waals surface area contributed by atoms with E-state index in [1.807, 2.05) is 48.0 Å². The van der Waals surface area contributed by atoms with Crippen molar-refractivity contribution in [1.82, 2.24) is 20.0 Å². The lowest BCUT2D eigenvalue weighted by molar-refractivity contribution is -0.909. The lowest BCUT2D eigenvalue weighted by Gasteiger charge is -2.11. The van der Waals surface area contributed by atoms with Crippen LogP contribution in [-0.4, -0.2) is 27.0 Å². The van der Waals surface area contributed by atoms with Crippen molar-refractivity contribution in [2.45, 2.75) is 20.0 Å². The highest BCUT2D eigenvalue weighted by molar-refractivity contribution is 5.63. The minimum absolute atomic E-state index is 0.597. The molecule has 0 fully saturated rings. The molecule has 4 aromatic rings. The fourth-order valence-electron chi connectivity index (χ4n) is 3.15. The number of aryl methyl sites for hydroxylation is 1. The van der Waals surface area contributed by atoms with Crippen LogP contribution in [-0.2, 0) is 13.1 Å². The SMILES string of the molecule is Cc1nnc(C[NH+](C)Cc2cn(-c3ccccc3)nc2-c2ccccc2)o1. The van der Waals surface area contributed by atoms with Crippen LogP contribution in [0.5, 0.6) is 0 Å². The maximum absolute atomic E-state index is 5.52. The summed E-state index contributed by atoms with van der Waals surface area (Å²) in [6.45, 7) is 3.29. The van der Waals surface area contributed by atoms with Gasteiger partial charge < -0.3 is 9.32 Å². The minimum atomic E-state index is 0.597. The van der Waals surface area contributed by atoms with Gasteiger partial charge in [-0.2, -0.15) is 5.10 Å². The smallest absolute Gasteiger partial charge is 0.271 e. The number of nitrogens with one attached hydrogen (secondary N) is 1. The second kappa shape index (κ2) is 7.55. The first-order valence-electron chi connectivity index (χ1n) is 8.99. The van der Waals surface area contributed by atoms with Gasteiger partial charge in [-0.3, -0.25) is 0 Å². The summed E-state index contributed by atoms with van der Waals surface area (Å²) in [5, 5.41) is 12.9. The zero-order valence-electron chi connectivity index (χ0n) is 15.5. The van der Waals surface area contributed by atoms with E-state index in [4.69, 9.17) is 9.52 Å². The summed E-state index contributed by atoms with van der Waals surface area (Å²) in [6, 6.07) is 20.5. The van der Waals surface area contributed by atoms with Crippen molar-refractivity contribution in [2.24, 2.45) is 0 Å². The number of benzene rings is 2. The molecule has 2 aromatic carbocycles. The van der Waals surface area contributed by atoms with E-state index in [2.05, 4.69) is 47.7 Å². The molecule has 6 nitrogen and oxygen atoms in total. The van der Waals surface area contributed by atoms with Crippen LogP contribution in [0, 0.1) is 6.92 Å². The second-order valence-corrected chi connectivity index (χ2v) is 6.67. The molecular formula is C21H22N5O+. The molecule has 0 aliphatic heterocycles. The Balaban J connectivity index is 1.64. The molecule has 0 aliphatic carbocycles. The molecule has 0 aliphatic rings. The number of para-hydroxylation sites is 1. The molecule has 2 heterocycles. The number of hydrogen-bond donors (Lipinski definition) is 1. The first kappa shape index (κ1) is 17.2. The maximum atomic E-state index is 5.52. The van der Waals surface area contributed by atoms with Crippen molar-refractivity contribution in [1.29, 1.82) is 0 Å². The largest absolute Gasteiger partial charge is 0.420 e. The maximum Gasteiger partial charge on any atom is 0.271 e. The van der Waals surface area contributed by atoms with Crippen LogP contribution >= 0.6 is 0 Å². The average molecular weight is 360 g/mol. The molecule has 6 heteroatoms. The van der Waals surface area contributed by atoms with Crippen molar-refractivity contribution in [3.63, 3.8) is 0 Å². The van der Waals surface area contributed by atoms with Crippen LogP contribution in [0.15, 0.2) is 71.3 Å².